The van der Waals surface area contributed by atoms with Crippen molar-refractivity contribution >= 4 is 5.91 Å². The molecule has 1 atom stereocenters. The second kappa shape index (κ2) is 9.94. The normalized spacial score (nSPS) is 11.9. The number of nitrogens with two attached hydrogens (primary N) is 1. The zero-order chi connectivity index (χ0) is 20.6. The second-order valence-electron chi connectivity index (χ2n) is 7.33. The summed E-state index contributed by atoms with van der Waals surface area (Å²) in [7, 11) is 0. The second-order valence-corrected chi connectivity index (χ2v) is 7.33. The van der Waals surface area contributed by atoms with E-state index in [1.807, 2.05) is 56.7 Å². The number of hydrogen-bond acceptors (Lipinski definition) is 4. The summed E-state index contributed by atoms with van der Waals surface area (Å²) >= 11 is 0. The van der Waals surface area contributed by atoms with Crippen LogP contribution in [0.5, 0.6) is 0 Å². The van der Waals surface area contributed by atoms with E-state index < -0.39 is 6.04 Å². The van der Waals surface area contributed by atoms with Crippen LogP contribution in [0.2, 0.25) is 0 Å². The van der Waals surface area contributed by atoms with Crippen molar-refractivity contribution in [3.63, 3.8) is 0 Å². The molecule has 3 rings (SSSR count). The van der Waals surface area contributed by atoms with Crippen molar-refractivity contribution in [2.45, 2.75) is 39.2 Å². The highest BCUT2D eigenvalue weighted by atomic mass is 16.1. The molecule has 3 aromatic rings. The molecule has 29 heavy (non-hydrogen) atoms. The first-order valence-corrected chi connectivity index (χ1v) is 9.95. The smallest absolute Gasteiger partial charge is 0.239 e. The number of aromatic nitrogens is 2. The van der Waals surface area contributed by atoms with Crippen molar-refractivity contribution in [2.75, 3.05) is 6.54 Å². The van der Waals surface area contributed by atoms with E-state index in [-0.39, 0.29) is 5.91 Å². The van der Waals surface area contributed by atoms with Gasteiger partial charge in [0.15, 0.2) is 0 Å². The van der Waals surface area contributed by atoms with Crippen molar-refractivity contribution in [3.05, 3.63) is 94.6 Å². The van der Waals surface area contributed by atoms with E-state index >= 15 is 0 Å². The number of benzene rings is 1. The molecule has 5 heteroatoms. The number of carbonyl (C=O) groups excluding carboxylic acids is 1. The fourth-order valence-electron chi connectivity index (χ4n) is 3.55. The highest BCUT2D eigenvalue weighted by molar-refractivity contribution is 5.82. The first kappa shape index (κ1) is 20.7. The van der Waals surface area contributed by atoms with E-state index in [1.54, 1.807) is 6.20 Å². The molecule has 0 saturated heterocycles. The van der Waals surface area contributed by atoms with E-state index in [9.17, 15) is 4.79 Å². The van der Waals surface area contributed by atoms with Crippen molar-refractivity contribution < 1.29 is 4.79 Å². The molecule has 0 aliphatic carbocycles. The van der Waals surface area contributed by atoms with E-state index in [2.05, 4.69) is 27.4 Å². The Morgan fingerprint density at radius 1 is 0.966 bits per heavy atom. The summed E-state index contributed by atoms with van der Waals surface area (Å²) < 4.78 is 0. The van der Waals surface area contributed by atoms with E-state index in [0.717, 1.165) is 36.0 Å². The SMILES string of the molecule is Cc1cccc(C(NCCc2ccncc2CCc2cccnc2)C(N)=O)c1C. The van der Waals surface area contributed by atoms with Gasteiger partial charge in [-0.15, -0.1) is 0 Å². The molecule has 2 aromatic heterocycles. The van der Waals surface area contributed by atoms with Crippen molar-refractivity contribution in [2.24, 2.45) is 5.73 Å². The van der Waals surface area contributed by atoms with Gasteiger partial charge in [0.1, 0.15) is 6.04 Å². The topological polar surface area (TPSA) is 80.9 Å². The lowest BCUT2D eigenvalue weighted by Crippen LogP contribution is -2.35. The summed E-state index contributed by atoms with van der Waals surface area (Å²) in [6.45, 7) is 4.73. The maximum Gasteiger partial charge on any atom is 0.239 e. The van der Waals surface area contributed by atoms with Gasteiger partial charge in [0, 0.05) is 31.3 Å². The molecule has 0 fully saturated rings. The molecular weight excluding hydrogens is 360 g/mol. The molecule has 5 nitrogen and oxygen atoms in total. The Labute approximate surface area is 172 Å². The summed E-state index contributed by atoms with van der Waals surface area (Å²) in [6.07, 6.45) is 10.1. The minimum Gasteiger partial charge on any atom is -0.368 e. The number of primary amides is 1. The van der Waals surface area contributed by atoms with Crippen molar-refractivity contribution in [1.82, 2.24) is 15.3 Å². The highest BCUT2D eigenvalue weighted by Crippen LogP contribution is 2.20. The molecule has 1 aromatic carbocycles. The summed E-state index contributed by atoms with van der Waals surface area (Å²) in [5, 5.41) is 3.35. The molecule has 150 valence electrons. The van der Waals surface area contributed by atoms with Crippen LogP contribution in [0.4, 0.5) is 0 Å². The maximum atomic E-state index is 12.1. The van der Waals surface area contributed by atoms with Crippen LogP contribution in [0, 0.1) is 13.8 Å². The molecule has 0 aliphatic heterocycles. The Morgan fingerprint density at radius 2 is 1.79 bits per heavy atom. The fraction of sp³-hybridized carbons (Fsp3) is 0.292. The molecule has 3 N–H and O–H groups in total. The molecular formula is C24H28N4O. The lowest BCUT2D eigenvalue weighted by Gasteiger charge is -2.19. The molecule has 1 unspecified atom stereocenters. The van der Waals surface area contributed by atoms with E-state index in [1.165, 1.54) is 16.7 Å². The Bertz CT molecular complexity index is 956. The van der Waals surface area contributed by atoms with Gasteiger partial charge in [-0.05, 0) is 78.6 Å². The van der Waals surface area contributed by atoms with Gasteiger partial charge in [-0.1, -0.05) is 24.3 Å². The van der Waals surface area contributed by atoms with Gasteiger partial charge in [0.25, 0.3) is 0 Å². The third kappa shape index (κ3) is 5.48. The van der Waals surface area contributed by atoms with Gasteiger partial charge >= 0.3 is 0 Å². The number of amides is 1. The zero-order valence-electron chi connectivity index (χ0n) is 17.1. The largest absolute Gasteiger partial charge is 0.368 e. The highest BCUT2D eigenvalue weighted by Gasteiger charge is 2.19. The molecule has 0 bridgehead atoms. The number of nitrogens with one attached hydrogen (secondary N) is 1. The first-order valence-electron chi connectivity index (χ1n) is 9.95. The monoisotopic (exact) mass is 388 g/mol. The van der Waals surface area contributed by atoms with Crippen molar-refractivity contribution in [1.29, 1.82) is 0 Å². The van der Waals surface area contributed by atoms with Crippen LogP contribution in [0.15, 0.2) is 61.2 Å². The molecule has 0 radical (unpaired) electrons. The van der Waals surface area contributed by atoms with Gasteiger partial charge in [-0.3, -0.25) is 14.8 Å². The van der Waals surface area contributed by atoms with Crippen LogP contribution in [0.1, 0.15) is 39.4 Å². The number of rotatable bonds is 9. The number of aryl methyl sites for hydroxylation is 3. The lowest BCUT2D eigenvalue weighted by molar-refractivity contribution is -0.120. The third-order valence-corrected chi connectivity index (χ3v) is 5.40. The summed E-state index contributed by atoms with van der Waals surface area (Å²) in [4.78, 5) is 20.5. The third-order valence-electron chi connectivity index (χ3n) is 5.40. The minimum absolute atomic E-state index is 0.356. The van der Waals surface area contributed by atoms with Crippen LogP contribution in [-0.4, -0.2) is 22.4 Å². The summed E-state index contributed by atoms with van der Waals surface area (Å²) in [5.74, 6) is -0.356. The average molecular weight is 389 g/mol. The average Bonchev–Trinajstić information content (AvgIpc) is 2.73. The Hall–Kier alpha value is -3.05. The predicted molar refractivity (Wildman–Crippen MR) is 115 cm³/mol. The molecule has 0 spiro atoms. The van der Waals surface area contributed by atoms with Gasteiger partial charge in [-0.25, -0.2) is 0 Å². The first-order chi connectivity index (χ1) is 14.1. The van der Waals surface area contributed by atoms with Crippen LogP contribution in [0.25, 0.3) is 0 Å². The van der Waals surface area contributed by atoms with Crippen LogP contribution in [0.3, 0.4) is 0 Å². The summed E-state index contributed by atoms with van der Waals surface area (Å²) in [6, 6.07) is 11.6. The van der Waals surface area contributed by atoms with Gasteiger partial charge in [-0.2, -0.15) is 0 Å². The Balaban J connectivity index is 1.64. The van der Waals surface area contributed by atoms with Gasteiger partial charge in [0.05, 0.1) is 0 Å². The predicted octanol–water partition coefficient (Wildman–Crippen LogP) is 3.24. The standard InChI is InChI=1S/C24H28N4O/c1-17-5-3-7-22(18(17)2)23(24(25)29)28-14-11-20-10-13-27-16-21(20)9-8-19-6-4-12-26-15-19/h3-7,10,12-13,15-16,23,28H,8-9,11,14H2,1-2H3,(H2,25,29). The van der Waals surface area contributed by atoms with Gasteiger partial charge in [0.2, 0.25) is 5.91 Å². The van der Waals surface area contributed by atoms with E-state index in [4.69, 9.17) is 5.73 Å². The quantitative estimate of drug-likeness (QED) is 0.590. The Morgan fingerprint density at radius 3 is 2.55 bits per heavy atom. The number of hydrogen-bond donors (Lipinski definition) is 2. The molecule has 2 heterocycles. The van der Waals surface area contributed by atoms with Crippen LogP contribution >= 0.6 is 0 Å². The minimum atomic E-state index is -0.490. The zero-order valence-corrected chi connectivity index (χ0v) is 17.1. The van der Waals surface area contributed by atoms with Gasteiger partial charge < -0.3 is 11.1 Å². The van der Waals surface area contributed by atoms with Crippen LogP contribution in [-0.2, 0) is 24.1 Å². The maximum absolute atomic E-state index is 12.1. The molecule has 1 amide bonds. The number of pyridine rings is 2. The Kier molecular flexibility index (Phi) is 7.09. The lowest BCUT2D eigenvalue weighted by atomic mass is 9.96. The number of carbonyl (C=O) groups is 1. The van der Waals surface area contributed by atoms with Crippen LogP contribution < -0.4 is 11.1 Å². The number of nitrogens with zero attached hydrogens (tertiary/aromatic N) is 2. The fourth-order valence-corrected chi connectivity index (χ4v) is 3.55. The molecule has 0 saturated carbocycles. The molecule has 0 aliphatic rings. The summed E-state index contributed by atoms with van der Waals surface area (Å²) in [5.41, 5.74) is 12.6. The van der Waals surface area contributed by atoms with E-state index in [0.29, 0.717) is 6.54 Å². The van der Waals surface area contributed by atoms with Crippen molar-refractivity contribution in [3.8, 4) is 0 Å².